The molecule has 2 saturated heterocycles. The maximum absolute atomic E-state index is 13.8. The van der Waals surface area contributed by atoms with Gasteiger partial charge < -0.3 is 19.9 Å². The zero-order chi connectivity index (χ0) is 27.2. The smallest absolute Gasteiger partial charge is 0.249 e. The van der Waals surface area contributed by atoms with Crippen LogP contribution in [0, 0.1) is 11.3 Å². The molecular weight excluding hydrogens is 456 g/mol. The molecule has 0 radical (unpaired) electrons. The van der Waals surface area contributed by atoms with Gasteiger partial charge in [0.2, 0.25) is 17.7 Å². The van der Waals surface area contributed by atoms with E-state index in [9.17, 15) is 14.4 Å². The lowest BCUT2D eigenvalue weighted by Gasteiger charge is -2.39. The van der Waals surface area contributed by atoms with Crippen molar-refractivity contribution in [2.24, 2.45) is 11.3 Å². The molecule has 2 rings (SSSR count). The van der Waals surface area contributed by atoms with E-state index in [4.69, 9.17) is 4.74 Å². The summed E-state index contributed by atoms with van der Waals surface area (Å²) >= 11 is 0. The van der Waals surface area contributed by atoms with Gasteiger partial charge in [-0.15, -0.1) is 0 Å². The first kappa shape index (κ1) is 30.3. The number of likely N-dealkylation sites (N-methyl/N-ethyl adjacent to an activating group) is 2. The van der Waals surface area contributed by atoms with Crippen LogP contribution < -0.4 is 5.32 Å². The minimum atomic E-state index is -0.666. The number of hydrogen-bond donors (Lipinski definition) is 1. The zero-order valence-electron chi connectivity index (χ0n) is 24.1. The van der Waals surface area contributed by atoms with Crippen molar-refractivity contribution in [2.75, 3.05) is 40.9 Å². The molecule has 0 aromatic rings. The highest BCUT2D eigenvalue weighted by atomic mass is 16.5. The van der Waals surface area contributed by atoms with Crippen LogP contribution in [-0.2, 0) is 19.1 Å². The Balaban J connectivity index is 2.22. The summed E-state index contributed by atoms with van der Waals surface area (Å²) in [7, 11) is 5.42. The monoisotopic (exact) mass is 506 g/mol. The van der Waals surface area contributed by atoms with Crippen molar-refractivity contribution in [3.05, 3.63) is 11.6 Å². The van der Waals surface area contributed by atoms with E-state index in [2.05, 4.69) is 10.2 Å². The van der Waals surface area contributed by atoms with E-state index >= 15 is 0 Å². The molecule has 2 aliphatic heterocycles. The van der Waals surface area contributed by atoms with Gasteiger partial charge in [0.25, 0.3) is 0 Å². The lowest BCUT2D eigenvalue weighted by Crippen LogP contribution is -2.59. The molecule has 8 nitrogen and oxygen atoms in total. The SMILES string of the molecule is COC[C@@H]1CCCN1C(=O)/C(C)=C/[C@H](C(C)C)N(C)C(=O)[C@@H](NC(=O)C1CCCCN1C)C(C)(C)C. The lowest BCUT2D eigenvalue weighted by molar-refractivity contribution is -0.141. The fourth-order valence-electron chi connectivity index (χ4n) is 5.42. The summed E-state index contributed by atoms with van der Waals surface area (Å²) in [6, 6.07) is -1.05. The highest BCUT2D eigenvalue weighted by molar-refractivity contribution is 5.94. The van der Waals surface area contributed by atoms with E-state index in [1.165, 1.54) is 0 Å². The van der Waals surface area contributed by atoms with Crippen molar-refractivity contribution in [3.63, 3.8) is 0 Å². The molecule has 1 N–H and O–H groups in total. The molecule has 8 heteroatoms. The number of amides is 3. The molecule has 1 unspecified atom stereocenters. The van der Waals surface area contributed by atoms with Gasteiger partial charge in [0.05, 0.1) is 24.7 Å². The van der Waals surface area contributed by atoms with Gasteiger partial charge in [-0.05, 0) is 57.5 Å². The molecule has 206 valence electrons. The number of carbonyl (C=O) groups is 3. The summed E-state index contributed by atoms with van der Waals surface area (Å²) in [5.41, 5.74) is 0.171. The second-order valence-electron chi connectivity index (χ2n) is 12.1. The highest BCUT2D eigenvalue weighted by Crippen LogP contribution is 2.26. The van der Waals surface area contributed by atoms with Crippen LogP contribution >= 0.6 is 0 Å². The van der Waals surface area contributed by atoms with Crippen molar-refractivity contribution in [1.82, 2.24) is 20.0 Å². The van der Waals surface area contributed by atoms with Crippen molar-refractivity contribution < 1.29 is 19.1 Å². The van der Waals surface area contributed by atoms with Crippen molar-refractivity contribution in [3.8, 4) is 0 Å². The summed E-state index contributed by atoms with van der Waals surface area (Å²) in [4.78, 5) is 46.0. The van der Waals surface area contributed by atoms with Gasteiger partial charge in [0.15, 0.2) is 0 Å². The van der Waals surface area contributed by atoms with Crippen LogP contribution in [0.2, 0.25) is 0 Å². The number of nitrogens with one attached hydrogen (secondary N) is 1. The van der Waals surface area contributed by atoms with Gasteiger partial charge in [-0.2, -0.15) is 0 Å². The minimum absolute atomic E-state index is 0.00191. The summed E-state index contributed by atoms with van der Waals surface area (Å²) in [6.07, 6.45) is 6.76. The molecule has 0 aromatic carbocycles. The summed E-state index contributed by atoms with van der Waals surface area (Å²) < 4.78 is 5.31. The Morgan fingerprint density at radius 3 is 2.33 bits per heavy atom. The third kappa shape index (κ3) is 7.54. The standard InChI is InChI=1S/C28H50N4O4/c1-19(2)23(17-20(3)26(34)32-16-12-13-21(32)18-36-9)31(8)27(35)24(28(4,5)6)29-25(33)22-14-10-11-15-30(22)7/h17,19,21-24H,10-16,18H2,1-9H3,(H,29,33)/b20-17+/t21-,22?,23+,24+/m0/s1. The second-order valence-corrected chi connectivity index (χ2v) is 12.1. The number of ether oxygens (including phenoxy) is 1. The molecule has 0 spiro atoms. The fraction of sp³-hybridized carbons (Fsp3) is 0.821. The molecule has 0 aliphatic carbocycles. The lowest BCUT2D eigenvalue weighted by atomic mass is 9.84. The zero-order valence-corrected chi connectivity index (χ0v) is 24.1. The van der Waals surface area contributed by atoms with Crippen molar-refractivity contribution in [2.45, 2.75) is 97.8 Å². The van der Waals surface area contributed by atoms with Crippen LogP contribution in [-0.4, -0.2) is 97.5 Å². The molecule has 0 saturated carbocycles. The maximum atomic E-state index is 13.8. The number of likely N-dealkylation sites (tertiary alicyclic amines) is 2. The van der Waals surface area contributed by atoms with Gasteiger partial charge >= 0.3 is 0 Å². The molecule has 3 amide bonds. The topological polar surface area (TPSA) is 82.2 Å². The fourth-order valence-corrected chi connectivity index (χ4v) is 5.42. The Hall–Kier alpha value is -1.93. The number of nitrogens with zero attached hydrogens (tertiary/aromatic N) is 3. The third-order valence-corrected chi connectivity index (χ3v) is 7.71. The van der Waals surface area contributed by atoms with Gasteiger partial charge in [0.1, 0.15) is 6.04 Å². The molecule has 36 heavy (non-hydrogen) atoms. The quantitative estimate of drug-likeness (QED) is 0.486. The molecule has 2 aliphatic rings. The van der Waals surface area contributed by atoms with Gasteiger partial charge in [-0.3, -0.25) is 19.3 Å². The Labute approximate surface area is 218 Å². The number of methoxy groups -OCH3 is 1. The summed E-state index contributed by atoms with van der Waals surface area (Å²) in [5, 5.41) is 3.09. The largest absolute Gasteiger partial charge is 0.383 e. The van der Waals surface area contributed by atoms with E-state index in [0.717, 1.165) is 45.2 Å². The number of piperidine rings is 1. The number of hydrogen-bond acceptors (Lipinski definition) is 5. The van der Waals surface area contributed by atoms with Crippen molar-refractivity contribution >= 4 is 17.7 Å². The average molecular weight is 507 g/mol. The van der Waals surface area contributed by atoms with Crippen LogP contribution in [0.25, 0.3) is 0 Å². The maximum Gasteiger partial charge on any atom is 0.249 e. The van der Waals surface area contributed by atoms with E-state index < -0.39 is 11.5 Å². The van der Waals surface area contributed by atoms with Gasteiger partial charge in [0, 0.05) is 26.3 Å². The molecule has 0 bridgehead atoms. The molecule has 2 fully saturated rings. The van der Waals surface area contributed by atoms with Crippen LogP contribution in [0.15, 0.2) is 11.6 Å². The van der Waals surface area contributed by atoms with Gasteiger partial charge in [-0.1, -0.05) is 47.1 Å². The first-order valence-corrected chi connectivity index (χ1v) is 13.5. The van der Waals surface area contributed by atoms with E-state index in [1.54, 1.807) is 19.1 Å². The van der Waals surface area contributed by atoms with E-state index in [-0.39, 0.29) is 41.8 Å². The average Bonchev–Trinajstić information content (AvgIpc) is 3.27. The Kier molecular flexibility index (Phi) is 11.0. The van der Waals surface area contributed by atoms with Crippen LogP contribution in [0.1, 0.15) is 73.6 Å². The first-order valence-electron chi connectivity index (χ1n) is 13.5. The predicted molar refractivity (Wildman–Crippen MR) is 143 cm³/mol. The van der Waals surface area contributed by atoms with Gasteiger partial charge in [-0.25, -0.2) is 0 Å². The Morgan fingerprint density at radius 2 is 1.78 bits per heavy atom. The summed E-state index contributed by atoms with van der Waals surface area (Å²) in [6.45, 7) is 14.0. The normalized spacial score (nSPS) is 23.5. The molecular formula is C28H50N4O4. The van der Waals surface area contributed by atoms with Crippen LogP contribution in [0.3, 0.4) is 0 Å². The summed E-state index contributed by atoms with van der Waals surface area (Å²) in [5.74, 6) is -0.124. The van der Waals surface area contributed by atoms with E-state index in [0.29, 0.717) is 12.2 Å². The molecule has 2 heterocycles. The van der Waals surface area contributed by atoms with Crippen molar-refractivity contribution in [1.29, 1.82) is 0 Å². The van der Waals surface area contributed by atoms with Crippen LogP contribution in [0.5, 0.6) is 0 Å². The molecule has 0 aromatic heterocycles. The second kappa shape index (κ2) is 13.0. The first-order chi connectivity index (χ1) is 16.8. The molecule has 4 atom stereocenters. The Bertz CT molecular complexity index is 804. The minimum Gasteiger partial charge on any atom is -0.383 e. The van der Waals surface area contributed by atoms with E-state index in [1.807, 2.05) is 59.6 Å². The Morgan fingerprint density at radius 1 is 1.11 bits per heavy atom. The predicted octanol–water partition coefficient (Wildman–Crippen LogP) is 3.07. The number of carbonyl (C=O) groups excluding carboxylic acids is 3. The third-order valence-electron chi connectivity index (χ3n) is 7.71. The van der Waals surface area contributed by atoms with Crippen LogP contribution in [0.4, 0.5) is 0 Å². The number of rotatable bonds is 9. The highest BCUT2D eigenvalue weighted by Gasteiger charge is 2.39.